The molecule has 0 saturated carbocycles. The average molecular weight is 374 g/mol. The lowest BCUT2D eigenvalue weighted by atomic mass is 10.1. The molecule has 130 valence electrons. The van der Waals surface area contributed by atoms with E-state index in [1.165, 1.54) is 17.3 Å². The maximum absolute atomic E-state index is 12.4. The second-order valence-corrected chi connectivity index (χ2v) is 7.49. The van der Waals surface area contributed by atoms with Crippen molar-refractivity contribution in [2.45, 2.75) is 31.1 Å². The third-order valence-electron chi connectivity index (χ3n) is 4.21. The number of rotatable bonds is 6. The van der Waals surface area contributed by atoms with Crippen LogP contribution >= 0.6 is 23.4 Å². The Morgan fingerprint density at radius 1 is 1.16 bits per heavy atom. The van der Waals surface area contributed by atoms with E-state index in [0.717, 1.165) is 40.7 Å². The molecule has 0 amide bonds. The molecule has 1 aromatic heterocycles. The predicted molar refractivity (Wildman–Crippen MR) is 105 cm³/mol. The number of benzene rings is 2. The average Bonchev–Trinajstić information content (AvgIpc) is 2.63. The first kappa shape index (κ1) is 17.9. The summed E-state index contributed by atoms with van der Waals surface area (Å²) >= 11 is 7.59. The van der Waals surface area contributed by atoms with E-state index in [-0.39, 0.29) is 5.56 Å². The van der Waals surface area contributed by atoms with Crippen molar-refractivity contribution < 1.29 is 5.21 Å². The Hall–Kier alpha value is -1.91. The number of halogens is 1. The molecule has 3 nitrogen and oxygen atoms in total. The Bertz CT molecular complexity index is 938. The lowest BCUT2D eigenvalue weighted by Crippen LogP contribution is -2.20. The molecule has 0 aliphatic heterocycles. The van der Waals surface area contributed by atoms with Crippen LogP contribution in [0.25, 0.3) is 10.9 Å². The van der Waals surface area contributed by atoms with Gasteiger partial charge in [0, 0.05) is 10.4 Å². The van der Waals surface area contributed by atoms with Crippen LogP contribution in [0.5, 0.6) is 0 Å². The second-order valence-electron chi connectivity index (χ2n) is 5.91. The number of aryl methyl sites for hydroxylation is 2. The summed E-state index contributed by atoms with van der Waals surface area (Å²) < 4.78 is 0.722. The highest BCUT2D eigenvalue weighted by atomic mass is 35.5. The fraction of sp³-hybridized carbons (Fsp3) is 0.250. The summed E-state index contributed by atoms with van der Waals surface area (Å²) in [7, 11) is 0. The molecular formula is C20H20ClNO2S. The van der Waals surface area contributed by atoms with Crippen molar-refractivity contribution >= 4 is 34.3 Å². The second kappa shape index (κ2) is 7.98. The van der Waals surface area contributed by atoms with E-state index < -0.39 is 0 Å². The zero-order valence-electron chi connectivity index (χ0n) is 14.0. The Kier molecular flexibility index (Phi) is 5.71. The van der Waals surface area contributed by atoms with Crippen LogP contribution in [0.3, 0.4) is 0 Å². The van der Waals surface area contributed by atoms with Crippen LogP contribution in [0.2, 0.25) is 5.02 Å². The van der Waals surface area contributed by atoms with E-state index in [2.05, 4.69) is 12.1 Å². The van der Waals surface area contributed by atoms with Gasteiger partial charge in [-0.3, -0.25) is 4.79 Å². The predicted octanol–water partition coefficient (Wildman–Crippen LogP) is 5.18. The highest BCUT2D eigenvalue weighted by Gasteiger charge is 2.12. The molecule has 0 unspecified atom stereocenters. The van der Waals surface area contributed by atoms with E-state index in [4.69, 9.17) is 11.6 Å². The molecule has 5 heteroatoms. The fourth-order valence-electron chi connectivity index (χ4n) is 2.91. The number of fused-ring (bicyclic) bond motifs is 1. The van der Waals surface area contributed by atoms with Gasteiger partial charge in [0.1, 0.15) is 0 Å². The van der Waals surface area contributed by atoms with Gasteiger partial charge in [-0.15, -0.1) is 16.5 Å². The first-order valence-electron chi connectivity index (χ1n) is 8.34. The monoisotopic (exact) mass is 373 g/mol. The molecule has 1 heterocycles. The van der Waals surface area contributed by atoms with E-state index in [9.17, 15) is 10.0 Å². The topological polar surface area (TPSA) is 42.2 Å². The van der Waals surface area contributed by atoms with Crippen LogP contribution in [0.1, 0.15) is 24.5 Å². The van der Waals surface area contributed by atoms with Crippen molar-refractivity contribution in [2.24, 2.45) is 0 Å². The molecule has 25 heavy (non-hydrogen) atoms. The number of pyridine rings is 1. The van der Waals surface area contributed by atoms with Crippen molar-refractivity contribution in [3.63, 3.8) is 0 Å². The number of nitrogens with zero attached hydrogens (tertiary/aromatic N) is 1. The number of hydrogen-bond acceptors (Lipinski definition) is 3. The summed E-state index contributed by atoms with van der Waals surface area (Å²) in [5.74, 6) is 0.824. The highest BCUT2D eigenvalue weighted by molar-refractivity contribution is 7.99. The molecule has 0 saturated heterocycles. The summed E-state index contributed by atoms with van der Waals surface area (Å²) in [5.41, 5.74) is 2.39. The minimum Gasteiger partial charge on any atom is -0.425 e. The summed E-state index contributed by atoms with van der Waals surface area (Å²) in [6.45, 7) is 2.03. The van der Waals surface area contributed by atoms with Gasteiger partial charge in [-0.1, -0.05) is 48.9 Å². The summed E-state index contributed by atoms with van der Waals surface area (Å²) in [6.07, 6.45) is 2.73. The van der Waals surface area contributed by atoms with Gasteiger partial charge >= 0.3 is 0 Å². The Morgan fingerprint density at radius 2 is 1.92 bits per heavy atom. The van der Waals surface area contributed by atoms with Crippen molar-refractivity contribution in [3.8, 4) is 0 Å². The van der Waals surface area contributed by atoms with E-state index in [1.54, 1.807) is 6.07 Å². The number of thioether (sulfide) groups is 1. The molecule has 0 atom stereocenters. The molecule has 0 radical (unpaired) electrons. The first-order valence-corrected chi connectivity index (χ1v) is 9.70. The molecule has 0 fully saturated rings. The van der Waals surface area contributed by atoms with Gasteiger partial charge in [-0.05, 0) is 54.3 Å². The first-order chi connectivity index (χ1) is 12.1. The molecule has 0 aliphatic rings. The smallest absolute Gasteiger partial charge is 0.297 e. The van der Waals surface area contributed by atoms with Crippen LogP contribution in [-0.4, -0.2) is 15.7 Å². The third kappa shape index (κ3) is 4.02. The molecule has 0 bridgehead atoms. The van der Waals surface area contributed by atoms with Gasteiger partial charge in [0.2, 0.25) is 0 Å². The summed E-state index contributed by atoms with van der Waals surface area (Å²) in [4.78, 5) is 13.0. The number of hydrogen-bond donors (Lipinski definition) is 1. The van der Waals surface area contributed by atoms with E-state index in [0.29, 0.717) is 15.4 Å². The van der Waals surface area contributed by atoms with E-state index >= 15 is 0 Å². The Balaban J connectivity index is 1.80. The molecule has 3 rings (SSSR count). The zero-order chi connectivity index (χ0) is 17.8. The summed E-state index contributed by atoms with van der Waals surface area (Å²) in [5, 5.41) is 11.6. The van der Waals surface area contributed by atoms with Crippen LogP contribution in [0.4, 0.5) is 0 Å². The van der Waals surface area contributed by atoms with Gasteiger partial charge in [0.15, 0.2) is 0 Å². The van der Waals surface area contributed by atoms with Crippen LogP contribution < -0.4 is 5.56 Å². The maximum atomic E-state index is 12.4. The number of aromatic nitrogens is 1. The Morgan fingerprint density at radius 3 is 2.64 bits per heavy atom. The van der Waals surface area contributed by atoms with Gasteiger partial charge in [0.05, 0.1) is 10.4 Å². The standard InChI is InChI=1S/C20H20ClNO2S/c1-2-15-11-16(21)12-18-17(15)13-19(20(23)22(18)24)25-10-6-9-14-7-4-3-5-8-14/h3-5,7-8,11-13,24H,2,6,9-10H2,1H3. The van der Waals surface area contributed by atoms with Crippen LogP contribution in [0, 0.1) is 0 Å². The van der Waals surface area contributed by atoms with Crippen molar-refractivity contribution in [1.82, 2.24) is 4.73 Å². The fourth-order valence-corrected chi connectivity index (χ4v) is 4.06. The lowest BCUT2D eigenvalue weighted by Gasteiger charge is -2.11. The van der Waals surface area contributed by atoms with E-state index in [1.807, 2.05) is 37.3 Å². The normalized spacial score (nSPS) is 11.1. The summed E-state index contributed by atoms with van der Waals surface area (Å²) in [6, 6.07) is 15.7. The van der Waals surface area contributed by atoms with Crippen molar-refractivity contribution in [1.29, 1.82) is 0 Å². The largest absolute Gasteiger partial charge is 0.425 e. The lowest BCUT2D eigenvalue weighted by molar-refractivity contribution is 0.186. The SMILES string of the molecule is CCc1cc(Cl)cc2c1cc(SCCCc1ccccc1)c(=O)n2O. The third-order valence-corrected chi connectivity index (χ3v) is 5.52. The molecule has 2 aromatic carbocycles. The minimum absolute atomic E-state index is 0.387. The van der Waals surface area contributed by atoms with Crippen molar-refractivity contribution in [2.75, 3.05) is 5.75 Å². The zero-order valence-corrected chi connectivity index (χ0v) is 15.6. The quantitative estimate of drug-likeness (QED) is 0.368. The molecule has 3 aromatic rings. The van der Waals surface area contributed by atoms with Gasteiger partial charge in [-0.25, -0.2) is 0 Å². The van der Waals surface area contributed by atoms with Gasteiger partial charge < -0.3 is 5.21 Å². The van der Waals surface area contributed by atoms with Crippen LogP contribution in [-0.2, 0) is 12.8 Å². The Labute approximate surface area is 156 Å². The minimum atomic E-state index is -0.387. The highest BCUT2D eigenvalue weighted by Crippen LogP contribution is 2.27. The van der Waals surface area contributed by atoms with Crippen LogP contribution in [0.15, 0.2) is 58.2 Å². The molecule has 1 N–H and O–H groups in total. The van der Waals surface area contributed by atoms with Gasteiger partial charge in [0.25, 0.3) is 5.56 Å². The van der Waals surface area contributed by atoms with Crippen molar-refractivity contribution in [3.05, 3.63) is 75.0 Å². The van der Waals surface area contributed by atoms with Gasteiger partial charge in [-0.2, -0.15) is 0 Å². The molecule has 0 aliphatic carbocycles. The maximum Gasteiger partial charge on any atom is 0.297 e. The molecule has 0 spiro atoms. The molecular weight excluding hydrogens is 354 g/mol.